The van der Waals surface area contributed by atoms with Gasteiger partial charge in [0.05, 0.1) is 6.04 Å². The van der Waals surface area contributed by atoms with Gasteiger partial charge >= 0.3 is 0 Å². The summed E-state index contributed by atoms with van der Waals surface area (Å²) >= 11 is 0. The standard InChI is InChI=1S/C17H22N2O/c1-17(2,3)15-14(16(18)20)10-7-11-19(15)12-13-8-5-4-6-9-13/h4-11,15H,12H2,1-3H3,(H2,18,20). The highest BCUT2D eigenvalue weighted by Crippen LogP contribution is 2.33. The van der Waals surface area contributed by atoms with Gasteiger partial charge in [-0.2, -0.15) is 0 Å². The summed E-state index contributed by atoms with van der Waals surface area (Å²) in [4.78, 5) is 13.9. The molecule has 0 saturated carbocycles. The second kappa shape index (κ2) is 5.53. The van der Waals surface area contributed by atoms with E-state index in [0.717, 1.165) is 6.54 Å². The maximum absolute atomic E-state index is 11.7. The Morgan fingerprint density at radius 3 is 2.45 bits per heavy atom. The van der Waals surface area contributed by atoms with Crippen LogP contribution in [0.2, 0.25) is 0 Å². The Morgan fingerprint density at radius 2 is 1.90 bits per heavy atom. The van der Waals surface area contributed by atoms with E-state index in [2.05, 4.69) is 37.8 Å². The molecule has 0 bridgehead atoms. The lowest BCUT2D eigenvalue weighted by Gasteiger charge is -2.42. The Balaban J connectivity index is 2.30. The van der Waals surface area contributed by atoms with Crippen LogP contribution >= 0.6 is 0 Å². The van der Waals surface area contributed by atoms with E-state index < -0.39 is 0 Å². The molecule has 1 aromatic carbocycles. The zero-order chi connectivity index (χ0) is 14.8. The first-order chi connectivity index (χ1) is 9.39. The number of amides is 1. The topological polar surface area (TPSA) is 46.3 Å². The number of rotatable bonds is 3. The maximum Gasteiger partial charge on any atom is 0.246 e. The highest BCUT2D eigenvalue weighted by molar-refractivity contribution is 5.94. The largest absolute Gasteiger partial charge is 0.366 e. The van der Waals surface area contributed by atoms with Gasteiger partial charge in [0.2, 0.25) is 5.91 Å². The monoisotopic (exact) mass is 270 g/mol. The van der Waals surface area contributed by atoms with Crippen molar-refractivity contribution in [1.82, 2.24) is 4.90 Å². The Labute approximate surface area is 120 Å². The van der Waals surface area contributed by atoms with E-state index >= 15 is 0 Å². The van der Waals surface area contributed by atoms with Crippen molar-refractivity contribution in [3.8, 4) is 0 Å². The smallest absolute Gasteiger partial charge is 0.246 e. The number of hydrogen-bond acceptors (Lipinski definition) is 2. The summed E-state index contributed by atoms with van der Waals surface area (Å²) in [6.45, 7) is 7.16. The second-order valence-corrected chi connectivity index (χ2v) is 6.25. The summed E-state index contributed by atoms with van der Waals surface area (Å²) in [5.41, 5.74) is 7.37. The first-order valence-corrected chi connectivity index (χ1v) is 6.87. The van der Waals surface area contributed by atoms with Crippen molar-refractivity contribution in [2.24, 2.45) is 11.1 Å². The van der Waals surface area contributed by atoms with Crippen molar-refractivity contribution in [1.29, 1.82) is 0 Å². The van der Waals surface area contributed by atoms with Gasteiger partial charge in [0.15, 0.2) is 0 Å². The van der Waals surface area contributed by atoms with Crippen molar-refractivity contribution < 1.29 is 4.79 Å². The van der Waals surface area contributed by atoms with Crippen molar-refractivity contribution in [2.75, 3.05) is 0 Å². The fraction of sp³-hybridized carbons (Fsp3) is 0.353. The van der Waals surface area contributed by atoms with Gasteiger partial charge in [-0.05, 0) is 23.1 Å². The zero-order valence-electron chi connectivity index (χ0n) is 12.3. The first kappa shape index (κ1) is 14.4. The van der Waals surface area contributed by atoms with Crippen LogP contribution in [0.4, 0.5) is 0 Å². The molecule has 1 heterocycles. The third-order valence-electron chi connectivity index (χ3n) is 3.49. The van der Waals surface area contributed by atoms with Crippen molar-refractivity contribution >= 4 is 5.91 Å². The second-order valence-electron chi connectivity index (χ2n) is 6.25. The first-order valence-electron chi connectivity index (χ1n) is 6.87. The quantitative estimate of drug-likeness (QED) is 0.918. The molecule has 0 radical (unpaired) electrons. The minimum Gasteiger partial charge on any atom is -0.366 e. The van der Waals surface area contributed by atoms with E-state index in [1.165, 1.54) is 5.56 Å². The van der Waals surface area contributed by atoms with Gasteiger partial charge in [0, 0.05) is 18.3 Å². The normalized spacial score (nSPS) is 18.9. The molecule has 0 aromatic heterocycles. The minimum absolute atomic E-state index is 0.00907. The van der Waals surface area contributed by atoms with E-state index in [1.807, 2.05) is 36.6 Å². The van der Waals surface area contributed by atoms with Crippen molar-refractivity contribution in [3.05, 3.63) is 59.8 Å². The lowest BCUT2D eigenvalue weighted by molar-refractivity contribution is -0.115. The number of allylic oxidation sites excluding steroid dienone is 2. The number of carbonyl (C=O) groups is 1. The van der Waals surface area contributed by atoms with Crippen LogP contribution in [0.1, 0.15) is 26.3 Å². The molecule has 3 nitrogen and oxygen atoms in total. The van der Waals surface area contributed by atoms with Crippen LogP contribution in [0.15, 0.2) is 54.3 Å². The summed E-state index contributed by atoms with van der Waals surface area (Å²) in [6, 6.07) is 10.2. The summed E-state index contributed by atoms with van der Waals surface area (Å²) in [6.07, 6.45) is 5.76. The van der Waals surface area contributed by atoms with Crippen LogP contribution in [-0.4, -0.2) is 16.8 Å². The predicted molar refractivity (Wildman–Crippen MR) is 81.6 cm³/mol. The SMILES string of the molecule is CC(C)(C)C1C(C(N)=O)=CC=CN1Cc1ccccc1. The zero-order valence-corrected chi connectivity index (χ0v) is 12.3. The molecule has 1 aliphatic rings. The third kappa shape index (κ3) is 3.10. The summed E-state index contributed by atoms with van der Waals surface area (Å²) < 4.78 is 0. The van der Waals surface area contributed by atoms with Gasteiger partial charge in [-0.3, -0.25) is 4.79 Å². The van der Waals surface area contributed by atoms with Crippen LogP contribution < -0.4 is 5.73 Å². The van der Waals surface area contributed by atoms with Crippen LogP contribution in [-0.2, 0) is 11.3 Å². The number of hydrogen-bond donors (Lipinski definition) is 1. The molecular weight excluding hydrogens is 248 g/mol. The minimum atomic E-state index is -0.340. The molecule has 0 fully saturated rings. The molecule has 106 valence electrons. The average molecular weight is 270 g/mol. The molecule has 1 unspecified atom stereocenters. The number of carbonyl (C=O) groups excluding carboxylic acids is 1. The molecule has 3 heteroatoms. The van der Waals surface area contributed by atoms with Crippen LogP contribution in [0.3, 0.4) is 0 Å². The Morgan fingerprint density at radius 1 is 1.25 bits per heavy atom. The molecule has 20 heavy (non-hydrogen) atoms. The van der Waals surface area contributed by atoms with Gasteiger partial charge in [0.1, 0.15) is 0 Å². The van der Waals surface area contributed by atoms with E-state index in [1.54, 1.807) is 0 Å². The van der Waals surface area contributed by atoms with Crippen LogP contribution in [0, 0.1) is 5.41 Å². The molecule has 2 N–H and O–H groups in total. The number of nitrogens with zero attached hydrogens (tertiary/aromatic N) is 1. The van der Waals surface area contributed by atoms with Gasteiger partial charge in [0.25, 0.3) is 0 Å². The van der Waals surface area contributed by atoms with E-state index in [0.29, 0.717) is 5.57 Å². The predicted octanol–water partition coefficient (Wildman–Crippen LogP) is 2.84. The summed E-state index contributed by atoms with van der Waals surface area (Å²) in [5.74, 6) is -0.340. The number of nitrogens with two attached hydrogens (primary N) is 1. The van der Waals surface area contributed by atoms with Crippen molar-refractivity contribution in [2.45, 2.75) is 33.4 Å². The van der Waals surface area contributed by atoms with Crippen LogP contribution in [0.25, 0.3) is 0 Å². The van der Waals surface area contributed by atoms with Gasteiger partial charge in [-0.1, -0.05) is 51.1 Å². The maximum atomic E-state index is 11.7. The molecular formula is C17H22N2O. The summed E-state index contributed by atoms with van der Waals surface area (Å²) in [5, 5.41) is 0. The molecule has 1 amide bonds. The molecule has 0 saturated heterocycles. The number of primary amides is 1. The lowest BCUT2D eigenvalue weighted by Crippen LogP contribution is -2.46. The van der Waals surface area contributed by atoms with Crippen LogP contribution in [0.5, 0.6) is 0 Å². The summed E-state index contributed by atoms with van der Waals surface area (Å²) in [7, 11) is 0. The van der Waals surface area contributed by atoms with Gasteiger partial charge in [-0.15, -0.1) is 0 Å². The van der Waals surface area contributed by atoms with Gasteiger partial charge < -0.3 is 10.6 Å². The fourth-order valence-electron chi connectivity index (χ4n) is 2.73. The average Bonchev–Trinajstić information content (AvgIpc) is 2.38. The van der Waals surface area contributed by atoms with E-state index in [9.17, 15) is 4.79 Å². The Hall–Kier alpha value is -2.03. The Bertz CT molecular complexity index is 538. The third-order valence-corrected chi connectivity index (χ3v) is 3.49. The van der Waals surface area contributed by atoms with E-state index in [4.69, 9.17) is 5.73 Å². The molecule has 2 rings (SSSR count). The number of benzene rings is 1. The lowest BCUT2D eigenvalue weighted by atomic mass is 9.79. The molecule has 1 aromatic rings. The van der Waals surface area contributed by atoms with Gasteiger partial charge in [-0.25, -0.2) is 0 Å². The highest BCUT2D eigenvalue weighted by Gasteiger charge is 2.35. The molecule has 1 atom stereocenters. The Kier molecular flexibility index (Phi) is 3.98. The van der Waals surface area contributed by atoms with Crippen molar-refractivity contribution in [3.63, 3.8) is 0 Å². The molecule has 1 aliphatic heterocycles. The van der Waals surface area contributed by atoms with E-state index in [-0.39, 0.29) is 17.4 Å². The molecule has 0 spiro atoms. The fourth-order valence-corrected chi connectivity index (χ4v) is 2.73. The molecule has 0 aliphatic carbocycles. The highest BCUT2D eigenvalue weighted by atomic mass is 16.1.